The van der Waals surface area contributed by atoms with Crippen LogP contribution in [0.15, 0.2) is 42.5 Å². The number of piperidine rings is 1. The fraction of sp³-hybridized carbons (Fsp3) is 0.474. The van der Waals surface area contributed by atoms with Gasteiger partial charge in [0.05, 0.1) is 0 Å². The van der Waals surface area contributed by atoms with Crippen molar-refractivity contribution >= 4 is 16.5 Å². The molecule has 1 aliphatic heterocycles. The zero-order chi connectivity index (χ0) is 14.7. The van der Waals surface area contributed by atoms with Crippen molar-refractivity contribution in [2.24, 2.45) is 11.7 Å². The summed E-state index contributed by atoms with van der Waals surface area (Å²) < 4.78 is 0. The number of anilines is 1. The van der Waals surface area contributed by atoms with E-state index in [0.29, 0.717) is 12.0 Å². The Hall–Kier alpha value is -1.54. The number of benzene rings is 2. The third kappa shape index (κ3) is 3.21. The lowest BCUT2D eigenvalue weighted by atomic mass is 9.88. The summed E-state index contributed by atoms with van der Waals surface area (Å²) in [4.78, 5) is 2.52. The van der Waals surface area contributed by atoms with E-state index < -0.39 is 0 Å². The maximum atomic E-state index is 6.32. The molecular formula is C19H26N2. The zero-order valence-corrected chi connectivity index (χ0v) is 13.0. The van der Waals surface area contributed by atoms with E-state index in [1.165, 1.54) is 35.7 Å². The summed E-state index contributed by atoms with van der Waals surface area (Å²) in [5, 5.41) is 2.65. The lowest BCUT2D eigenvalue weighted by Gasteiger charge is -2.38. The standard InChI is InChI=1S/C19H26N2/c1-2-3-6-17-14-21(12-11-19(17)20)18-10-9-15-7-4-5-8-16(15)13-18/h4-5,7-10,13,17,19H,2-3,6,11-12,14,20H2,1H3/t17-,19+/m1/s1. The van der Waals surface area contributed by atoms with E-state index in [9.17, 15) is 0 Å². The maximum Gasteiger partial charge on any atom is 0.0372 e. The van der Waals surface area contributed by atoms with Gasteiger partial charge in [0.1, 0.15) is 0 Å². The van der Waals surface area contributed by atoms with E-state index in [0.717, 1.165) is 19.5 Å². The van der Waals surface area contributed by atoms with Gasteiger partial charge in [-0.1, -0.05) is 50.1 Å². The molecule has 0 saturated carbocycles. The molecule has 2 N–H and O–H groups in total. The van der Waals surface area contributed by atoms with Gasteiger partial charge in [0.15, 0.2) is 0 Å². The lowest BCUT2D eigenvalue weighted by molar-refractivity contribution is 0.330. The predicted octanol–water partition coefficient (Wildman–Crippen LogP) is 4.18. The Kier molecular flexibility index (Phi) is 4.45. The van der Waals surface area contributed by atoms with Gasteiger partial charge in [0, 0.05) is 24.8 Å². The van der Waals surface area contributed by atoms with Crippen LogP contribution >= 0.6 is 0 Å². The van der Waals surface area contributed by atoms with Crippen molar-refractivity contribution in [2.75, 3.05) is 18.0 Å². The molecule has 0 spiro atoms. The molecule has 0 aromatic heterocycles. The fourth-order valence-electron chi connectivity index (χ4n) is 3.43. The van der Waals surface area contributed by atoms with Crippen LogP contribution in [0.2, 0.25) is 0 Å². The minimum Gasteiger partial charge on any atom is -0.371 e. The molecule has 2 atom stereocenters. The van der Waals surface area contributed by atoms with E-state index in [-0.39, 0.29) is 0 Å². The average Bonchev–Trinajstić information content (AvgIpc) is 2.53. The van der Waals surface area contributed by atoms with Crippen LogP contribution in [0, 0.1) is 5.92 Å². The Balaban J connectivity index is 1.78. The largest absolute Gasteiger partial charge is 0.371 e. The maximum absolute atomic E-state index is 6.32. The highest BCUT2D eigenvalue weighted by Crippen LogP contribution is 2.28. The van der Waals surface area contributed by atoms with Gasteiger partial charge in [0.2, 0.25) is 0 Å². The van der Waals surface area contributed by atoms with Gasteiger partial charge in [-0.3, -0.25) is 0 Å². The number of rotatable bonds is 4. The van der Waals surface area contributed by atoms with Crippen molar-refractivity contribution in [2.45, 2.75) is 38.6 Å². The zero-order valence-electron chi connectivity index (χ0n) is 13.0. The molecule has 0 unspecified atom stereocenters. The molecule has 0 radical (unpaired) electrons. The number of nitrogens with two attached hydrogens (primary N) is 1. The van der Waals surface area contributed by atoms with Gasteiger partial charge in [0.25, 0.3) is 0 Å². The predicted molar refractivity (Wildman–Crippen MR) is 91.8 cm³/mol. The van der Waals surface area contributed by atoms with Gasteiger partial charge < -0.3 is 10.6 Å². The normalized spacial score (nSPS) is 22.7. The summed E-state index contributed by atoms with van der Waals surface area (Å²) in [5.74, 6) is 0.644. The monoisotopic (exact) mass is 282 g/mol. The van der Waals surface area contributed by atoms with Crippen LogP contribution in [0.3, 0.4) is 0 Å². The molecule has 0 bridgehead atoms. The molecule has 0 amide bonds. The lowest BCUT2D eigenvalue weighted by Crippen LogP contribution is -2.47. The molecule has 21 heavy (non-hydrogen) atoms. The van der Waals surface area contributed by atoms with E-state index in [1.54, 1.807) is 0 Å². The third-order valence-corrected chi connectivity index (χ3v) is 4.82. The van der Waals surface area contributed by atoms with Crippen molar-refractivity contribution in [1.29, 1.82) is 0 Å². The first-order valence-electron chi connectivity index (χ1n) is 8.27. The molecule has 1 saturated heterocycles. The first-order valence-corrected chi connectivity index (χ1v) is 8.27. The molecule has 0 aliphatic carbocycles. The number of hydrogen-bond acceptors (Lipinski definition) is 2. The van der Waals surface area contributed by atoms with Crippen LogP contribution < -0.4 is 10.6 Å². The van der Waals surface area contributed by atoms with Gasteiger partial charge in [-0.15, -0.1) is 0 Å². The second kappa shape index (κ2) is 6.48. The van der Waals surface area contributed by atoms with Crippen LogP contribution in [0.1, 0.15) is 32.6 Å². The molecule has 1 heterocycles. The quantitative estimate of drug-likeness (QED) is 0.911. The summed E-state index contributed by atoms with van der Waals surface area (Å²) >= 11 is 0. The summed E-state index contributed by atoms with van der Waals surface area (Å²) in [6.07, 6.45) is 4.94. The van der Waals surface area contributed by atoms with Crippen molar-refractivity contribution in [1.82, 2.24) is 0 Å². The molecular weight excluding hydrogens is 256 g/mol. The molecule has 2 aromatic carbocycles. The van der Waals surface area contributed by atoms with Crippen molar-refractivity contribution in [3.8, 4) is 0 Å². The highest BCUT2D eigenvalue weighted by Gasteiger charge is 2.26. The molecule has 1 fully saturated rings. The molecule has 2 heteroatoms. The number of hydrogen-bond donors (Lipinski definition) is 1. The average molecular weight is 282 g/mol. The van der Waals surface area contributed by atoms with Crippen LogP contribution in [0.25, 0.3) is 10.8 Å². The first kappa shape index (κ1) is 14.4. The van der Waals surface area contributed by atoms with Crippen LogP contribution in [0.5, 0.6) is 0 Å². The summed E-state index contributed by atoms with van der Waals surface area (Å²) in [6, 6.07) is 15.8. The van der Waals surface area contributed by atoms with E-state index in [4.69, 9.17) is 5.73 Å². The van der Waals surface area contributed by atoms with Crippen LogP contribution in [0.4, 0.5) is 5.69 Å². The van der Waals surface area contributed by atoms with Crippen molar-refractivity contribution in [3.05, 3.63) is 42.5 Å². The molecule has 112 valence electrons. The minimum atomic E-state index is 0.383. The summed E-state index contributed by atoms with van der Waals surface area (Å²) in [5.41, 5.74) is 7.67. The minimum absolute atomic E-state index is 0.383. The third-order valence-electron chi connectivity index (χ3n) is 4.82. The van der Waals surface area contributed by atoms with Crippen molar-refractivity contribution in [3.63, 3.8) is 0 Å². The van der Waals surface area contributed by atoms with Gasteiger partial charge >= 0.3 is 0 Å². The SMILES string of the molecule is CCCC[C@@H]1CN(c2ccc3ccccc3c2)CC[C@@H]1N. The second-order valence-corrected chi connectivity index (χ2v) is 6.33. The van der Waals surface area contributed by atoms with Gasteiger partial charge in [-0.2, -0.15) is 0 Å². The smallest absolute Gasteiger partial charge is 0.0372 e. The Morgan fingerprint density at radius 2 is 1.95 bits per heavy atom. The number of nitrogens with zero attached hydrogens (tertiary/aromatic N) is 1. The highest BCUT2D eigenvalue weighted by atomic mass is 15.1. The molecule has 2 aromatic rings. The molecule has 1 aliphatic rings. The fourth-order valence-corrected chi connectivity index (χ4v) is 3.43. The first-order chi connectivity index (χ1) is 10.3. The van der Waals surface area contributed by atoms with Crippen molar-refractivity contribution < 1.29 is 0 Å². The second-order valence-electron chi connectivity index (χ2n) is 6.33. The topological polar surface area (TPSA) is 29.3 Å². The van der Waals surface area contributed by atoms with E-state index in [1.807, 2.05) is 0 Å². The summed E-state index contributed by atoms with van der Waals surface area (Å²) in [6.45, 7) is 4.46. The van der Waals surface area contributed by atoms with E-state index >= 15 is 0 Å². The van der Waals surface area contributed by atoms with Gasteiger partial charge in [-0.05, 0) is 41.7 Å². The Labute approximate surface area is 127 Å². The van der Waals surface area contributed by atoms with E-state index in [2.05, 4.69) is 54.3 Å². The Bertz CT molecular complexity index is 593. The highest BCUT2D eigenvalue weighted by molar-refractivity contribution is 5.85. The molecule has 3 rings (SSSR count). The molecule has 2 nitrogen and oxygen atoms in total. The number of unbranched alkanes of at least 4 members (excludes halogenated alkanes) is 1. The Morgan fingerprint density at radius 1 is 1.14 bits per heavy atom. The van der Waals surface area contributed by atoms with Gasteiger partial charge in [-0.25, -0.2) is 0 Å². The summed E-state index contributed by atoms with van der Waals surface area (Å²) in [7, 11) is 0. The van der Waals surface area contributed by atoms with Crippen LogP contribution in [-0.4, -0.2) is 19.1 Å². The number of fused-ring (bicyclic) bond motifs is 1. The van der Waals surface area contributed by atoms with Crippen LogP contribution in [-0.2, 0) is 0 Å². The Morgan fingerprint density at radius 3 is 2.76 bits per heavy atom.